The largest absolute Gasteiger partial charge is 0.497 e. The van der Waals surface area contributed by atoms with Crippen molar-refractivity contribution in [3.8, 4) is 17.2 Å². The Morgan fingerprint density at radius 2 is 1.61 bits per heavy atom. The SMILES string of the molecule is CC[C@H](C)NC(=O)[C@H](C)N(Cc1cccc(OC)c1)C(=O)COc1ccc(OC)cc1. The zero-order chi connectivity index (χ0) is 22.8. The Morgan fingerprint density at radius 1 is 0.968 bits per heavy atom. The van der Waals surface area contributed by atoms with Gasteiger partial charge in [0.2, 0.25) is 5.91 Å². The first-order chi connectivity index (χ1) is 14.9. The lowest BCUT2D eigenvalue weighted by Gasteiger charge is -2.29. The quantitative estimate of drug-likeness (QED) is 0.594. The van der Waals surface area contributed by atoms with Crippen molar-refractivity contribution < 1.29 is 23.8 Å². The minimum absolute atomic E-state index is 0.0271. The molecule has 0 radical (unpaired) electrons. The highest BCUT2D eigenvalue weighted by Gasteiger charge is 2.27. The molecule has 31 heavy (non-hydrogen) atoms. The zero-order valence-electron chi connectivity index (χ0n) is 18.9. The molecule has 2 amide bonds. The molecule has 0 fully saturated rings. The predicted molar refractivity (Wildman–Crippen MR) is 119 cm³/mol. The van der Waals surface area contributed by atoms with Crippen LogP contribution in [0.5, 0.6) is 17.2 Å². The van der Waals surface area contributed by atoms with Crippen LogP contribution >= 0.6 is 0 Å². The minimum Gasteiger partial charge on any atom is -0.497 e. The molecule has 0 unspecified atom stereocenters. The third-order valence-corrected chi connectivity index (χ3v) is 5.08. The normalized spacial score (nSPS) is 12.4. The Labute approximate surface area is 184 Å². The third-order valence-electron chi connectivity index (χ3n) is 5.08. The van der Waals surface area contributed by atoms with Gasteiger partial charge in [0.15, 0.2) is 6.61 Å². The smallest absolute Gasteiger partial charge is 0.261 e. The van der Waals surface area contributed by atoms with Crippen LogP contribution in [0, 0.1) is 0 Å². The Morgan fingerprint density at radius 3 is 2.23 bits per heavy atom. The fourth-order valence-electron chi connectivity index (χ4n) is 2.92. The molecule has 0 aromatic heterocycles. The van der Waals surface area contributed by atoms with Crippen LogP contribution in [0.3, 0.4) is 0 Å². The fraction of sp³-hybridized carbons (Fsp3) is 0.417. The number of hydrogen-bond acceptors (Lipinski definition) is 5. The van der Waals surface area contributed by atoms with Crippen molar-refractivity contribution >= 4 is 11.8 Å². The molecule has 0 aliphatic rings. The minimum atomic E-state index is -0.660. The molecular formula is C24H32N2O5. The number of rotatable bonds is 11. The molecular weight excluding hydrogens is 396 g/mol. The highest BCUT2D eigenvalue weighted by atomic mass is 16.5. The summed E-state index contributed by atoms with van der Waals surface area (Å²) in [6.07, 6.45) is 0.808. The van der Waals surface area contributed by atoms with Gasteiger partial charge < -0.3 is 24.4 Å². The molecule has 0 aliphatic heterocycles. The highest BCUT2D eigenvalue weighted by Crippen LogP contribution is 2.19. The molecule has 2 atom stereocenters. The summed E-state index contributed by atoms with van der Waals surface area (Å²) in [6.45, 7) is 5.74. The molecule has 2 aromatic carbocycles. The van der Waals surface area contributed by atoms with Crippen molar-refractivity contribution in [1.29, 1.82) is 0 Å². The average Bonchev–Trinajstić information content (AvgIpc) is 2.80. The molecule has 0 heterocycles. The Hall–Kier alpha value is -3.22. The van der Waals surface area contributed by atoms with Crippen molar-refractivity contribution in [3.05, 3.63) is 54.1 Å². The van der Waals surface area contributed by atoms with Crippen LogP contribution in [-0.2, 0) is 16.1 Å². The standard InChI is InChI=1S/C24H32N2O5/c1-6-17(2)25-24(28)18(3)26(15-19-8-7-9-22(14-19)30-5)23(27)16-31-21-12-10-20(29-4)11-13-21/h7-14,17-18H,6,15-16H2,1-5H3,(H,25,28)/t17-,18-/m0/s1. The van der Waals surface area contributed by atoms with Gasteiger partial charge in [0.25, 0.3) is 5.91 Å². The number of amides is 2. The Kier molecular flexibility index (Phi) is 9.18. The van der Waals surface area contributed by atoms with Gasteiger partial charge >= 0.3 is 0 Å². The summed E-state index contributed by atoms with van der Waals surface area (Å²) in [5.74, 6) is 1.46. The molecule has 7 nitrogen and oxygen atoms in total. The van der Waals surface area contributed by atoms with Crippen LogP contribution in [0.25, 0.3) is 0 Å². The Balaban J connectivity index is 2.15. The number of hydrogen-bond donors (Lipinski definition) is 1. The van der Waals surface area contributed by atoms with Crippen LogP contribution in [-0.4, -0.2) is 49.6 Å². The molecule has 0 saturated heterocycles. The number of ether oxygens (including phenoxy) is 3. The summed E-state index contributed by atoms with van der Waals surface area (Å²) in [5, 5.41) is 2.95. The number of carbonyl (C=O) groups excluding carboxylic acids is 2. The summed E-state index contributed by atoms with van der Waals surface area (Å²) in [7, 11) is 3.18. The summed E-state index contributed by atoms with van der Waals surface area (Å²) in [5.41, 5.74) is 0.861. The summed E-state index contributed by atoms with van der Waals surface area (Å²) in [6, 6.07) is 13.8. The molecule has 1 N–H and O–H groups in total. The number of nitrogens with one attached hydrogen (secondary N) is 1. The molecule has 0 aliphatic carbocycles. The van der Waals surface area contributed by atoms with Gasteiger partial charge in [-0.05, 0) is 62.2 Å². The molecule has 0 spiro atoms. The molecule has 2 rings (SSSR count). The first-order valence-corrected chi connectivity index (χ1v) is 10.4. The summed E-state index contributed by atoms with van der Waals surface area (Å²) < 4.78 is 16.1. The van der Waals surface area contributed by atoms with Gasteiger partial charge in [-0.3, -0.25) is 9.59 Å². The van der Waals surface area contributed by atoms with Gasteiger partial charge in [-0.1, -0.05) is 19.1 Å². The van der Waals surface area contributed by atoms with Crippen LogP contribution in [0.2, 0.25) is 0 Å². The second-order valence-corrected chi connectivity index (χ2v) is 7.33. The van der Waals surface area contributed by atoms with E-state index in [1.807, 2.05) is 38.1 Å². The van der Waals surface area contributed by atoms with Crippen molar-refractivity contribution in [2.45, 2.75) is 45.8 Å². The molecule has 0 saturated carbocycles. The van der Waals surface area contributed by atoms with Gasteiger partial charge in [0.1, 0.15) is 23.3 Å². The molecule has 0 bridgehead atoms. The highest BCUT2D eigenvalue weighted by molar-refractivity contribution is 5.88. The van der Waals surface area contributed by atoms with E-state index in [4.69, 9.17) is 14.2 Å². The van der Waals surface area contributed by atoms with Crippen LogP contribution in [0.1, 0.15) is 32.8 Å². The van der Waals surface area contributed by atoms with Gasteiger partial charge in [-0.15, -0.1) is 0 Å². The maximum absolute atomic E-state index is 13.1. The second kappa shape index (κ2) is 11.8. The van der Waals surface area contributed by atoms with E-state index in [1.165, 1.54) is 4.90 Å². The maximum Gasteiger partial charge on any atom is 0.261 e. The number of methoxy groups -OCH3 is 2. The summed E-state index contributed by atoms with van der Waals surface area (Å²) in [4.78, 5) is 27.3. The van der Waals surface area contributed by atoms with Crippen LogP contribution in [0.4, 0.5) is 0 Å². The van der Waals surface area contributed by atoms with Crippen molar-refractivity contribution in [3.63, 3.8) is 0 Å². The van der Waals surface area contributed by atoms with Crippen molar-refractivity contribution in [2.24, 2.45) is 0 Å². The Bertz CT molecular complexity index is 853. The van der Waals surface area contributed by atoms with Gasteiger partial charge in [0, 0.05) is 12.6 Å². The number of carbonyl (C=O) groups is 2. The van der Waals surface area contributed by atoms with Crippen LogP contribution in [0.15, 0.2) is 48.5 Å². The van der Waals surface area contributed by atoms with Gasteiger partial charge in [-0.2, -0.15) is 0 Å². The molecule has 7 heteroatoms. The lowest BCUT2D eigenvalue weighted by molar-refractivity contribution is -0.142. The average molecular weight is 429 g/mol. The third kappa shape index (κ3) is 7.20. The zero-order valence-corrected chi connectivity index (χ0v) is 18.9. The van der Waals surface area contributed by atoms with E-state index in [0.29, 0.717) is 17.2 Å². The van der Waals surface area contributed by atoms with E-state index in [1.54, 1.807) is 45.4 Å². The predicted octanol–water partition coefficient (Wildman–Crippen LogP) is 3.41. The summed E-state index contributed by atoms with van der Waals surface area (Å²) >= 11 is 0. The maximum atomic E-state index is 13.1. The van der Waals surface area contributed by atoms with E-state index in [9.17, 15) is 9.59 Å². The number of nitrogens with zero attached hydrogens (tertiary/aromatic N) is 1. The first-order valence-electron chi connectivity index (χ1n) is 10.4. The monoisotopic (exact) mass is 428 g/mol. The van der Waals surface area contributed by atoms with Gasteiger partial charge in [-0.25, -0.2) is 0 Å². The van der Waals surface area contributed by atoms with Crippen LogP contribution < -0.4 is 19.5 Å². The first kappa shape index (κ1) is 24.1. The van der Waals surface area contributed by atoms with Crippen molar-refractivity contribution in [2.75, 3.05) is 20.8 Å². The van der Waals surface area contributed by atoms with E-state index in [2.05, 4.69) is 5.32 Å². The lowest BCUT2D eigenvalue weighted by atomic mass is 10.1. The van der Waals surface area contributed by atoms with Crippen molar-refractivity contribution in [1.82, 2.24) is 10.2 Å². The molecule has 168 valence electrons. The van der Waals surface area contributed by atoms with E-state index in [-0.39, 0.29) is 31.0 Å². The fourth-order valence-corrected chi connectivity index (χ4v) is 2.92. The number of benzene rings is 2. The van der Waals surface area contributed by atoms with Gasteiger partial charge in [0.05, 0.1) is 14.2 Å². The lowest BCUT2D eigenvalue weighted by Crippen LogP contribution is -2.50. The second-order valence-electron chi connectivity index (χ2n) is 7.33. The topological polar surface area (TPSA) is 77.1 Å². The van der Waals surface area contributed by atoms with E-state index < -0.39 is 6.04 Å². The van der Waals surface area contributed by atoms with E-state index >= 15 is 0 Å². The molecule has 2 aromatic rings. The van der Waals surface area contributed by atoms with E-state index in [0.717, 1.165) is 12.0 Å².